The van der Waals surface area contributed by atoms with Crippen molar-refractivity contribution in [1.29, 1.82) is 0 Å². The maximum absolute atomic E-state index is 8.61. The molecule has 1 N–H and O–H groups in total. The van der Waals surface area contributed by atoms with Gasteiger partial charge in [0.25, 0.3) is 5.89 Å². The largest absolute Gasteiger partial charge is 0.451 e. The van der Waals surface area contributed by atoms with Crippen LogP contribution in [0.4, 0.5) is 0 Å². The molecule has 0 aliphatic rings. The molecule has 6 heteroatoms. The lowest BCUT2D eigenvalue weighted by Gasteiger charge is -1.79. The number of nitrogens with zero attached hydrogens (tertiary/aromatic N) is 3. The Hall–Kier alpha value is -1.69. The highest BCUT2D eigenvalue weighted by molar-refractivity contribution is 5.44. The van der Waals surface area contributed by atoms with Crippen LogP contribution in [0.3, 0.4) is 0 Å². The van der Waals surface area contributed by atoms with Crippen molar-refractivity contribution in [3.63, 3.8) is 0 Å². The number of aliphatic hydroxyl groups excluding tert-OH is 1. The molecular weight excluding hydrogens is 162 g/mol. The molecule has 0 spiro atoms. The first kappa shape index (κ1) is 6.99. The third-order valence-electron chi connectivity index (χ3n) is 1.26. The highest BCUT2D eigenvalue weighted by Gasteiger charge is 2.09. The van der Waals surface area contributed by atoms with E-state index in [1.165, 1.54) is 12.7 Å². The van der Waals surface area contributed by atoms with E-state index in [0.29, 0.717) is 11.5 Å². The van der Waals surface area contributed by atoms with E-state index in [2.05, 4.69) is 19.6 Å². The third-order valence-corrected chi connectivity index (χ3v) is 1.26. The van der Waals surface area contributed by atoms with Crippen LogP contribution in [0, 0.1) is 0 Å². The van der Waals surface area contributed by atoms with E-state index >= 15 is 0 Å². The van der Waals surface area contributed by atoms with E-state index in [-0.39, 0.29) is 12.5 Å². The summed E-state index contributed by atoms with van der Waals surface area (Å²) in [6, 6.07) is 0. The zero-order valence-electron chi connectivity index (χ0n) is 5.97. The Morgan fingerprint density at radius 3 is 3.00 bits per heavy atom. The number of aromatic nitrogens is 3. The molecule has 0 unspecified atom stereocenters. The van der Waals surface area contributed by atoms with E-state index < -0.39 is 0 Å². The highest BCUT2D eigenvalue weighted by Crippen LogP contribution is 2.11. The van der Waals surface area contributed by atoms with Gasteiger partial charge in [-0.1, -0.05) is 5.16 Å². The first-order chi connectivity index (χ1) is 5.90. The molecule has 0 atom stereocenters. The average molecular weight is 167 g/mol. The lowest BCUT2D eigenvalue weighted by molar-refractivity contribution is 0.222. The summed E-state index contributed by atoms with van der Waals surface area (Å²) < 4.78 is 9.36. The Morgan fingerprint density at radius 2 is 2.42 bits per heavy atom. The zero-order valence-corrected chi connectivity index (χ0v) is 5.97. The van der Waals surface area contributed by atoms with E-state index in [1.54, 1.807) is 0 Å². The summed E-state index contributed by atoms with van der Waals surface area (Å²) in [5.74, 6) is 0.473. The van der Waals surface area contributed by atoms with Crippen LogP contribution in [0.5, 0.6) is 0 Å². The zero-order chi connectivity index (χ0) is 8.39. The van der Waals surface area contributed by atoms with Crippen LogP contribution in [0.2, 0.25) is 0 Å². The Balaban J connectivity index is 2.35. The first-order valence-electron chi connectivity index (χ1n) is 3.22. The molecule has 2 aromatic rings. The van der Waals surface area contributed by atoms with E-state index in [0.717, 1.165) is 0 Å². The van der Waals surface area contributed by atoms with Crippen molar-refractivity contribution in [2.75, 3.05) is 0 Å². The fraction of sp³-hybridized carbons (Fsp3) is 0.167. The van der Waals surface area contributed by atoms with Crippen LogP contribution in [-0.2, 0) is 6.61 Å². The second-order valence-corrected chi connectivity index (χ2v) is 2.04. The predicted octanol–water partition coefficient (Wildman–Crippen LogP) is 0.217. The number of rotatable bonds is 2. The molecule has 0 saturated heterocycles. The molecule has 12 heavy (non-hydrogen) atoms. The summed E-state index contributed by atoms with van der Waals surface area (Å²) in [5, 5.41) is 12.2. The molecule has 6 nitrogen and oxygen atoms in total. The van der Waals surface area contributed by atoms with Gasteiger partial charge in [0.2, 0.25) is 5.82 Å². The highest BCUT2D eigenvalue weighted by atomic mass is 16.5. The molecule has 2 aromatic heterocycles. The molecule has 0 radical (unpaired) electrons. The summed E-state index contributed by atoms with van der Waals surface area (Å²) in [6.07, 6.45) is 2.66. The van der Waals surface area contributed by atoms with Gasteiger partial charge in [-0.05, 0) is 0 Å². The number of oxazole rings is 1. The lowest BCUT2D eigenvalue weighted by Crippen LogP contribution is -1.82. The van der Waals surface area contributed by atoms with Crippen LogP contribution < -0.4 is 0 Å². The minimum Gasteiger partial charge on any atom is -0.451 e. The quantitative estimate of drug-likeness (QED) is 0.688. The van der Waals surface area contributed by atoms with Crippen LogP contribution >= 0.6 is 0 Å². The van der Waals surface area contributed by atoms with Gasteiger partial charge < -0.3 is 14.0 Å². The second kappa shape index (κ2) is 2.74. The van der Waals surface area contributed by atoms with E-state index in [9.17, 15) is 0 Å². The van der Waals surface area contributed by atoms with Crippen LogP contribution in [0.15, 0.2) is 21.6 Å². The monoisotopic (exact) mass is 167 g/mol. The van der Waals surface area contributed by atoms with Crippen molar-refractivity contribution in [2.45, 2.75) is 6.61 Å². The van der Waals surface area contributed by atoms with Crippen LogP contribution in [0.1, 0.15) is 5.89 Å². The standard InChI is InChI=1S/C6H5N3O3/c10-1-5-8-6(9-12-5)4-2-11-3-7-4/h2-3,10H,1H2. The Kier molecular flexibility index (Phi) is 1.60. The van der Waals surface area contributed by atoms with Crippen molar-refractivity contribution in [1.82, 2.24) is 15.1 Å². The Labute approximate surface area is 66.8 Å². The third kappa shape index (κ3) is 1.08. The lowest BCUT2D eigenvalue weighted by atomic mass is 10.5. The molecule has 0 amide bonds. The Bertz CT molecular complexity index is 354. The van der Waals surface area contributed by atoms with Crippen molar-refractivity contribution in [2.24, 2.45) is 0 Å². The van der Waals surface area contributed by atoms with Gasteiger partial charge in [-0.15, -0.1) is 0 Å². The summed E-state index contributed by atoms with van der Waals surface area (Å²) >= 11 is 0. The summed E-state index contributed by atoms with van der Waals surface area (Å²) in [4.78, 5) is 7.62. The molecule has 0 saturated carbocycles. The fourth-order valence-corrected chi connectivity index (χ4v) is 0.746. The maximum Gasteiger partial charge on any atom is 0.252 e. The molecule has 2 heterocycles. The average Bonchev–Trinajstić information content (AvgIpc) is 2.75. The van der Waals surface area contributed by atoms with Crippen molar-refractivity contribution >= 4 is 0 Å². The molecule has 0 aliphatic heterocycles. The molecule has 0 aromatic carbocycles. The number of aliphatic hydroxyl groups is 1. The van der Waals surface area contributed by atoms with Crippen molar-refractivity contribution in [3.8, 4) is 11.5 Å². The van der Waals surface area contributed by atoms with Gasteiger partial charge in [0.15, 0.2) is 6.39 Å². The van der Waals surface area contributed by atoms with Crippen LogP contribution in [0.25, 0.3) is 11.5 Å². The summed E-state index contributed by atoms with van der Waals surface area (Å²) in [6.45, 7) is -0.273. The molecule has 0 aliphatic carbocycles. The van der Waals surface area contributed by atoms with Gasteiger partial charge >= 0.3 is 0 Å². The van der Waals surface area contributed by atoms with Gasteiger partial charge in [-0.2, -0.15) is 4.98 Å². The minimum atomic E-state index is -0.273. The first-order valence-corrected chi connectivity index (χ1v) is 3.22. The fourth-order valence-electron chi connectivity index (χ4n) is 0.746. The summed E-state index contributed by atoms with van der Waals surface area (Å²) in [5.41, 5.74) is 0.485. The van der Waals surface area contributed by atoms with Gasteiger partial charge in [0.05, 0.1) is 0 Å². The predicted molar refractivity (Wildman–Crippen MR) is 35.7 cm³/mol. The maximum atomic E-state index is 8.61. The van der Waals surface area contributed by atoms with Gasteiger partial charge in [0.1, 0.15) is 18.6 Å². The number of hydrogen-bond donors (Lipinski definition) is 1. The van der Waals surface area contributed by atoms with Crippen molar-refractivity contribution in [3.05, 3.63) is 18.5 Å². The summed E-state index contributed by atoms with van der Waals surface area (Å²) in [7, 11) is 0. The van der Waals surface area contributed by atoms with E-state index in [1.807, 2.05) is 0 Å². The molecule has 0 bridgehead atoms. The number of hydrogen-bond acceptors (Lipinski definition) is 6. The second-order valence-electron chi connectivity index (χ2n) is 2.04. The van der Waals surface area contributed by atoms with Gasteiger partial charge in [-0.3, -0.25) is 0 Å². The SMILES string of the molecule is OCc1nc(-c2cocn2)no1. The topological polar surface area (TPSA) is 85.2 Å². The Morgan fingerprint density at radius 1 is 1.50 bits per heavy atom. The van der Waals surface area contributed by atoms with Gasteiger partial charge in [0, 0.05) is 0 Å². The minimum absolute atomic E-state index is 0.160. The van der Waals surface area contributed by atoms with Gasteiger partial charge in [-0.25, -0.2) is 4.98 Å². The van der Waals surface area contributed by atoms with Crippen LogP contribution in [-0.4, -0.2) is 20.2 Å². The molecular formula is C6H5N3O3. The molecule has 2 rings (SSSR count). The van der Waals surface area contributed by atoms with Crippen molar-refractivity contribution < 1.29 is 14.0 Å². The smallest absolute Gasteiger partial charge is 0.252 e. The normalized spacial score (nSPS) is 10.4. The molecule has 0 fully saturated rings. The van der Waals surface area contributed by atoms with E-state index in [4.69, 9.17) is 9.52 Å². The molecule has 62 valence electrons.